The zero-order valence-electron chi connectivity index (χ0n) is 9.68. The van der Waals surface area contributed by atoms with Crippen molar-refractivity contribution in [2.45, 2.75) is 13.8 Å². The standard InChI is InChI=1S/C10H16BrN3OS/c1-4-14(5-2)15-16-13(3)10-6-9(11)7-12-8-10/h6-8H,4-5H2,1-3H3. The Morgan fingerprint density at radius 1 is 1.38 bits per heavy atom. The molecule has 0 radical (unpaired) electrons. The van der Waals surface area contributed by atoms with Crippen molar-refractivity contribution in [1.82, 2.24) is 10.0 Å². The molecule has 0 saturated carbocycles. The number of rotatable bonds is 6. The Hall–Kier alpha value is -0.300. The van der Waals surface area contributed by atoms with Gasteiger partial charge in [0.15, 0.2) is 0 Å². The second kappa shape index (κ2) is 7.11. The van der Waals surface area contributed by atoms with Crippen LogP contribution in [0.15, 0.2) is 22.9 Å². The molecule has 90 valence electrons. The van der Waals surface area contributed by atoms with Crippen molar-refractivity contribution in [1.29, 1.82) is 0 Å². The second-order valence-electron chi connectivity index (χ2n) is 3.12. The monoisotopic (exact) mass is 305 g/mol. The highest BCUT2D eigenvalue weighted by molar-refractivity contribution is 9.10. The zero-order valence-corrected chi connectivity index (χ0v) is 12.1. The topological polar surface area (TPSA) is 28.6 Å². The van der Waals surface area contributed by atoms with Crippen molar-refractivity contribution < 1.29 is 4.28 Å². The molecule has 0 spiro atoms. The van der Waals surface area contributed by atoms with Gasteiger partial charge in [0.1, 0.15) is 12.2 Å². The molecule has 6 heteroatoms. The Morgan fingerprint density at radius 3 is 2.62 bits per heavy atom. The number of hydrogen-bond acceptors (Lipinski definition) is 5. The fraction of sp³-hybridized carbons (Fsp3) is 0.500. The van der Waals surface area contributed by atoms with Crippen LogP contribution in [0.5, 0.6) is 0 Å². The average molecular weight is 306 g/mol. The molecule has 1 heterocycles. The van der Waals surface area contributed by atoms with Gasteiger partial charge in [0.25, 0.3) is 0 Å². The van der Waals surface area contributed by atoms with Crippen molar-refractivity contribution in [2.75, 3.05) is 24.4 Å². The number of hydrogen-bond donors (Lipinski definition) is 0. The van der Waals surface area contributed by atoms with E-state index in [1.807, 2.05) is 22.5 Å². The fourth-order valence-electron chi connectivity index (χ4n) is 1.04. The third-order valence-electron chi connectivity index (χ3n) is 2.01. The molecule has 0 amide bonds. The molecule has 0 fully saturated rings. The molecule has 0 aliphatic rings. The summed E-state index contributed by atoms with van der Waals surface area (Å²) in [5.41, 5.74) is 0.992. The van der Waals surface area contributed by atoms with Crippen LogP contribution in [0.4, 0.5) is 5.69 Å². The van der Waals surface area contributed by atoms with Gasteiger partial charge in [0, 0.05) is 30.8 Å². The molecule has 0 aliphatic carbocycles. The SMILES string of the molecule is CCN(CC)OSN(C)c1cncc(Br)c1. The molecule has 16 heavy (non-hydrogen) atoms. The molecule has 0 saturated heterocycles. The van der Waals surface area contributed by atoms with Crippen molar-refractivity contribution in [3.05, 3.63) is 22.9 Å². The van der Waals surface area contributed by atoms with E-state index in [1.165, 1.54) is 12.2 Å². The van der Waals surface area contributed by atoms with Crippen LogP contribution in [0.3, 0.4) is 0 Å². The molecular weight excluding hydrogens is 290 g/mol. The van der Waals surface area contributed by atoms with Gasteiger partial charge in [-0.3, -0.25) is 9.29 Å². The van der Waals surface area contributed by atoms with Crippen LogP contribution < -0.4 is 4.31 Å². The quantitative estimate of drug-likeness (QED) is 0.457. The first-order chi connectivity index (χ1) is 7.67. The van der Waals surface area contributed by atoms with E-state index in [0.717, 1.165) is 23.2 Å². The minimum atomic E-state index is 0.869. The normalized spacial score (nSPS) is 10.8. The predicted octanol–water partition coefficient (Wildman–Crippen LogP) is 3.12. The summed E-state index contributed by atoms with van der Waals surface area (Å²) in [5, 5.41) is 1.88. The van der Waals surface area contributed by atoms with E-state index in [1.54, 1.807) is 12.4 Å². The molecule has 0 bridgehead atoms. The summed E-state index contributed by atoms with van der Waals surface area (Å²) in [6, 6.07) is 1.99. The van der Waals surface area contributed by atoms with Gasteiger partial charge in [-0.05, 0) is 22.0 Å². The number of aromatic nitrogens is 1. The lowest BCUT2D eigenvalue weighted by Gasteiger charge is -2.21. The van der Waals surface area contributed by atoms with Gasteiger partial charge in [-0.2, -0.15) is 5.06 Å². The van der Waals surface area contributed by atoms with Gasteiger partial charge in [-0.25, -0.2) is 4.28 Å². The molecule has 0 N–H and O–H groups in total. The van der Waals surface area contributed by atoms with E-state index >= 15 is 0 Å². The van der Waals surface area contributed by atoms with Gasteiger partial charge in [-0.15, -0.1) is 0 Å². The molecule has 0 unspecified atom stereocenters. The summed E-state index contributed by atoms with van der Waals surface area (Å²) < 4.78 is 8.41. The largest absolute Gasteiger partial charge is 0.293 e. The number of halogens is 1. The van der Waals surface area contributed by atoms with Crippen molar-refractivity contribution in [3.63, 3.8) is 0 Å². The molecule has 0 atom stereocenters. The maximum Gasteiger partial charge on any atom is 0.135 e. The van der Waals surface area contributed by atoms with Crippen LogP contribution in [0, 0.1) is 0 Å². The van der Waals surface area contributed by atoms with E-state index in [0.29, 0.717) is 0 Å². The van der Waals surface area contributed by atoms with Crippen molar-refractivity contribution in [3.8, 4) is 0 Å². The Balaban J connectivity index is 2.49. The third kappa shape index (κ3) is 4.29. The highest BCUT2D eigenvalue weighted by atomic mass is 79.9. The first kappa shape index (κ1) is 13.8. The lowest BCUT2D eigenvalue weighted by molar-refractivity contribution is -0.0266. The summed E-state index contributed by atoms with van der Waals surface area (Å²) >= 11 is 4.68. The number of nitrogens with zero attached hydrogens (tertiary/aromatic N) is 3. The maximum atomic E-state index is 5.53. The third-order valence-corrected chi connectivity index (χ3v) is 3.16. The van der Waals surface area contributed by atoms with E-state index < -0.39 is 0 Å². The van der Waals surface area contributed by atoms with Crippen molar-refractivity contribution >= 4 is 33.8 Å². The summed E-state index contributed by atoms with van der Waals surface area (Å²) in [6.45, 7) is 5.86. The summed E-state index contributed by atoms with van der Waals surface area (Å²) in [5.74, 6) is 0. The smallest absolute Gasteiger partial charge is 0.135 e. The predicted molar refractivity (Wildman–Crippen MR) is 71.9 cm³/mol. The van der Waals surface area contributed by atoms with E-state index in [-0.39, 0.29) is 0 Å². The van der Waals surface area contributed by atoms with Crippen LogP contribution in [0.1, 0.15) is 13.8 Å². The molecule has 0 aromatic carbocycles. The Morgan fingerprint density at radius 2 is 2.06 bits per heavy atom. The van der Waals surface area contributed by atoms with E-state index in [4.69, 9.17) is 4.28 Å². The molecule has 1 aromatic rings. The van der Waals surface area contributed by atoms with Crippen molar-refractivity contribution in [2.24, 2.45) is 0 Å². The maximum absolute atomic E-state index is 5.53. The first-order valence-corrected chi connectivity index (χ1v) is 6.60. The number of hydroxylamine groups is 2. The average Bonchev–Trinajstić information content (AvgIpc) is 2.30. The van der Waals surface area contributed by atoms with Crippen LogP contribution in [-0.2, 0) is 4.28 Å². The van der Waals surface area contributed by atoms with Crippen LogP contribution in [0.25, 0.3) is 0 Å². The van der Waals surface area contributed by atoms with Gasteiger partial charge in [0.2, 0.25) is 0 Å². The second-order valence-corrected chi connectivity index (χ2v) is 4.88. The Bertz CT molecular complexity index is 323. The number of pyridine rings is 1. The first-order valence-electron chi connectivity index (χ1n) is 5.11. The lowest BCUT2D eigenvalue weighted by atomic mass is 10.4. The summed E-state index contributed by atoms with van der Waals surface area (Å²) in [7, 11) is 1.94. The zero-order chi connectivity index (χ0) is 12.0. The van der Waals surface area contributed by atoms with Gasteiger partial charge in [-0.1, -0.05) is 13.8 Å². The van der Waals surface area contributed by atoms with E-state index in [2.05, 4.69) is 34.8 Å². The van der Waals surface area contributed by atoms with Crippen LogP contribution >= 0.6 is 28.2 Å². The van der Waals surface area contributed by atoms with Gasteiger partial charge in [0.05, 0.1) is 11.9 Å². The Kier molecular flexibility index (Phi) is 6.12. The Labute approximate surface area is 109 Å². The number of anilines is 1. The van der Waals surface area contributed by atoms with Gasteiger partial charge < -0.3 is 0 Å². The van der Waals surface area contributed by atoms with Crippen LogP contribution in [0.2, 0.25) is 0 Å². The lowest BCUT2D eigenvalue weighted by Crippen LogP contribution is -2.22. The van der Waals surface area contributed by atoms with E-state index in [9.17, 15) is 0 Å². The summed E-state index contributed by atoms with van der Waals surface area (Å²) in [6.07, 6.45) is 3.55. The minimum Gasteiger partial charge on any atom is -0.293 e. The van der Waals surface area contributed by atoms with Gasteiger partial charge >= 0.3 is 0 Å². The molecule has 4 nitrogen and oxygen atoms in total. The fourth-order valence-corrected chi connectivity index (χ4v) is 1.99. The molecule has 0 aliphatic heterocycles. The minimum absolute atomic E-state index is 0.869. The molecule has 1 rings (SSSR count). The van der Waals surface area contributed by atoms with Crippen LogP contribution in [-0.4, -0.2) is 30.2 Å². The highest BCUT2D eigenvalue weighted by Crippen LogP contribution is 2.23. The highest BCUT2D eigenvalue weighted by Gasteiger charge is 2.06. The molecular formula is C10H16BrN3OS. The summed E-state index contributed by atoms with van der Waals surface area (Å²) in [4.78, 5) is 4.10. The molecule has 1 aromatic heterocycles.